The van der Waals surface area contributed by atoms with Crippen LogP contribution in [-0.4, -0.2) is 28.8 Å². The van der Waals surface area contributed by atoms with Gasteiger partial charge in [0, 0.05) is 18.4 Å². The van der Waals surface area contributed by atoms with Crippen LogP contribution in [0.4, 0.5) is 8.78 Å². The molecule has 1 fully saturated rings. The molecule has 1 unspecified atom stereocenters. The van der Waals surface area contributed by atoms with Gasteiger partial charge in [-0.25, -0.2) is 0 Å². The van der Waals surface area contributed by atoms with Gasteiger partial charge < -0.3 is 9.88 Å². The lowest BCUT2D eigenvalue weighted by Crippen LogP contribution is -2.35. The Morgan fingerprint density at radius 3 is 3.00 bits per heavy atom. The van der Waals surface area contributed by atoms with E-state index in [-0.39, 0.29) is 6.04 Å². The van der Waals surface area contributed by atoms with Gasteiger partial charge in [-0.15, -0.1) is 0 Å². The van der Waals surface area contributed by atoms with Crippen molar-refractivity contribution in [2.45, 2.75) is 25.3 Å². The molecule has 15 heavy (non-hydrogen) atoms. The first kappa shape index (κ1) is 10.1. The fourth-order valence-corrected chi connectivity index (χ4v) is 2.03. The van der Waals surface area contributed by atoms with Gasteiger partial charge in [-0.2, -0.15) is 8.78 Å². The van der Waals surface area contributed by atoms with Gasteiger partial charge in [0.05, 0.1) is 6.04 Å². The predicted octanol–water partition coefficient (Wildman–Crippen LogP) is 1.94. The highest BCUT2D eigenvalue weighted by molar-refractivity contribution is 5.80. The van der Waals surface area contributed by atoms with Gasteiger partial charge in [0.25, 0.3) is 5.91 Å². The third-order valence-electron chi connectivity index (χ3n) is 2.70. The van der Waals surface area contributed by atoms with Gasteiger partial charge in [-0.05, 0) is 25.0 Å². The maximum Gasteiger partial charge on any atom is 0.315 e. The number of carbonyl (C=O) groups excluding carboxylic acids is 1. The van der Waals surface area contributed by atoms with E-state index in [2.05, 4.69) is 4.98 Å². The van der Waals surface area contributed by atoms with Crippen LogP contribution in [0.15, 0.2) is 18.3 Å². The summed E-state index contributed by atoms with van der Waals surface area (Å²) in [7, 11) is 0. The molecule has 0 aliphatic carbocycles. The highest BCUT2D eigenvalue weighted by atomic mass is 19.3. The molecular formula is C10H12F2N2O. The molecule has 2 heterocycles. The van der Waals surface area contributed by atoms with E-state index < -0.39 is 12.3 Å². The smallest absolute Gasteiger partial charge is 0.315 e. The molecule has 1 aromatic heterocycles. The molecule has 82 valence electrons. The molecule has 0 bridgehead atoms. The van der Waals surface area contributed by atoms with Crippen molar-refractivity contribution in [3.05, 3.63) is 24.0 Å². The number of alkyl halides is 2. The average Bonchev–Trinajstić information content (AvgIpc) is 2.86. The fraction of sp³-hybridized carbons (Fsp3) is 0.500. The number of hydrogen-bond donors (Lipinski definition) is 1. The largest absolute Gasteiger partial charge is 0.363 e. The SMILES string of the molecule is O=C(C(F)F)N1CCCC1c1ccc[nH]1. The summed E-state index contributed by atoms with van der Waals surface area (Å²) in [6.07, 6.45) is 0.361. The van der Waals surface area contributed by atoms with Gasteiger partial charge >= 0.3 is 6.43 Å². The quantitative estimate of drug-likeness (QED) is 0.802. The molecular weight excluding hydrogens is 202 g/mol. The van der Waals surface area contributed by atoms with E-state index in [0.29, 0.717) is 6.54 Å². The number of nitrogens with zero attached hydrogens (tertiary/aromatic N) is 1. The van der Waals surface area contributed by atoms with E-state index >= 15 is 0 Å². The normalized spacial score (nSPS) is 21.3. The zero-order valence-electron chi connectivity index (χ0n) is 8.12. The van der Waals surface area contributed by atoms with E-state index in [9.17, 15) is 13.6 Å². The molecule has 1 aromatic rings. The first-order valence-corrected chi connectivity index (χ1v) is 4.92. The molecule has 0 spiro atoms. The monoisotopic (exact) mass is 214 g/mol. The molecule has 0 saturated carbocycles. The van der Waals surface area contributed by atoms with Crippen LogP contribution in [0.25, 0.3) is 0 Å². The first-order chi connectivity index (χ1) is 7.20. The lowest BCUT2D eigenvalue weighted by atomic mass is 10.1. The van der Waals surface area contributed by atoms with Gasteiger partial charge in [0.15, 0.2) is 0 Å². The molecule has 1 aliphatic heterocycles. The Hall–Kier alpha value is -1.39. The third kappa shape index (κ3) is 1.86. The number of amides is 1. The lowest BCUT2D eigenvalue weighted by Gasteiger charge is -2.23. The van der Waals surface area contributed by atoms with Gasteiger partial charge in [-0.1, -0.05) is 0 Å². The number of rotatable bonds is 2. The van der Waals surface area contributed by atoms with Crippen molar-refractivity contribution in [1.29, 1.82) is 0 Å². The van der Waals surface area contributed by atoms with E-state index in [4.69, 9.17) is 0 Å². The second-order valence-corrected chi connectivity index (χ2v) is 3.62. The van der Waals surface area contributed by atoms with Crippen molar-refractivity contribution in [2.24, 2.45) is 0 Å². The summed E-state index contributed by atoms with van der Waals surface area (Å²) in [5.74, 6) is -1.06. The van der Waals surface area contributed by atoms with Crippen LogP contribution in [0.1, 0.15) is 24.6 Å². The summed E-state index contributed by atoms with van der Waals surface area (Å²) < 4.78 is 24.6. The highest BCUT2D eigenvalue weighted by Gasteiger charge is 2.34. The van der Waals surface area contributed by atoms with Crippen LogP contribution in [0.5, 0.6) is 0 Å². The number of aromatic nitrogens is 1. The summed E-state index contributed by atoms with van der Waals surface area (Å²) in [5.41, 5.74) is 0.835. The Balaban J connectivity index is 2.15. The van der Waals surface area contributed by atoms with Crippen molar-refractivity contribution in [1.82, 2.24) is 9.88 Å². The maximum absolute atomic E-state index is 12.3. The van der Waals surface area contributed by atoms with Crippen LogP contribution >= 0.6 is 0 Å². The van der Waals surface area contributed by atoms with E-state index in [0.717, 1.165) is 18.5 Å². The zero-order valence-corrected chi connectivity index (χ0v) is 8.12. The summed E-state index contributed by atoms with van der Waals surface area (Å²) in [6, 6.07) is 3.42. The number of aromatic amines is 1. The number of halogens is 2. The molecule has 2 rings (SSSR count). The standard InChI is InChI=1S/C10H12F2N2O/c11-9(12)10(15)14-6-2-4-8(14)7-3-1-5-13-7/h1,3,5,8-9,13H,2,4,6H2. The summed E-state index contributed by atoms with van der Waals surface area (Å²) in [6.45, 7) is 0.423. The zero-order chi connectivity index (χ0) is 10.8. The minimum absolute atomic E-state index is 0.207. The molecule has 5 heteroatoms. The third-order valence-corrected chi connectivity index (χ3v) is 2.70. The van der Waals surface area contributed by atoms with Crippen LogP contribution in [0.3, 0.4) is 0 Å². The molecule has 1 saturated heterocycles. The van der Waals surface area contributed by atoms with Crippen molar-refractivity contribution < 1.29 is 13.6 Å². The highest BCUT2D eigenvalue weighted by Crippen LogP contribution is 2.31. The van der Waals surface area contributed by atoms with E-state index in [1.807, 2.05) is 6.07 Å². The fourth-order valence-electron chi connectivity index (χ4n) is 2.03. The minimum atomic E-state index is -2.90. The van der Waals surface area contributed by atoms with E-state index in [1.165, 1.54) is 4.90 Å². The summed E-state index contributed by atoms with van der Waals surface area (Å²) >= 11 is 0. The van der Waals surface area contributed by atoms with Gasteiger partial charge in [0.1, 0.15) is 0 Å². The van der Waals surface area contributed by atoms with E-state index in [1.54, 1.807) is 12.3 Å². The average molecular weight is 214 g/mol. The summed E-state index contributed by atoms with van der Waals surface area (Å²) in [4.78, 5) is 15.4. The Bertz CT molecular complexity index is 337. The second-order valence-electron chi connectivity index (χ2n) is 3.62. The number of carbonyl (C=O) groups is 1. The first-order valence-electron chi connectivity index (χ1n) is 4.92. The van der Waals surface area contributed by atoms with Crippen molar-refractivity contribution >= 4 is 5.91 Å². The number of nitrogens with one attached hydrogen (secondary N) is 1. The molecule has 1 atom stereocenters. The molecule has 1 aliphatic rings. The molecule has 0 aromatic carbocycles. The Labute approximate surface area is 86.1 Å². The van der Waals surface area contributed by atoms with Crippen molar-refractivity contribution in [3.63, 3.8) is 0 Å². The lowest BCUT2D eigenvalue weighted by molar-refractivity contribution is -0.143. The molecule has 0 radical (unpaired) electrons. The number of H-pyrrole nitrogens is 1. The van der Waals surface area contributed by atoms with Gasteiger partial charge in [-0.3, -0.25) is 4.79 Å². The number of hydrogen-bond acceptors (Lipinski definition) is 1. The Morgan fingerprint density at radius 1 is 1.60 bits per heavy atom. The Morgan fingerprint density at radius 2 is 2.40 bits per heavy atom. The minimum Gasteiger partial charge on any atom is -0.363 e. The van der Waals surface area contributed by atoms with Crippen LogP contribution in [0.2, 0.25) is 0 Å². The van der Waals surface area contributed by atoms with Crippen LogP contribution < -0.4 is 0 Å². The van der Waals surface area contributed by atoms with Crippen LogP contribution in [-0.2, 0) is 4.79 Å². The van der Waals surface area contributed by atoms with Crippen LogP contribution in [0, 0.1) is 0 Å². The number of likely N-dealkylation sites (tertiary alicyclic amines) is 1. The Kier molecular flexibility index (Phi) is 2.70. The summed E-state index contributed by atoms with van der Waals surface area (Å²) in [5, 5.41) is 0. The molecule has 1 N–H and O–H groups in total. The van der Waals surface area contributed by atoms with Crippen molar-refractivity contribution in [3.8, 4) is 0 Å². The topological polar surface area (TPSA) is 36.1 Å². The van der Waals surface area contributed by atoms with Crippen molar-refractivity contribution in [2.75, 3.05) is 6.54 Å². The maximum atomic E-state index is 12.3. The molecule has 1 amide bonds. The predicted molar refractivity (Wildman–Crippen MR) is 50.5 cm³/mol. The van der Waals surface area contributed by atoms with Gasteiger partial charge in [0.2, 0.25) is 0 Å². The molecule has 3 nitrogen and oxygen atoms in total. The second kappa shape index (κ2) is 4.00.